The van der Waals surface area contributed by atoms with Crippen LogP contribution in [0.15, 0.2) is 103 Å². The molecule has 0 aliphatic heterocycles. The summed E-state index contributed by atoms with van der Waals surface area (Å²) in [6, 6.07) is 30.7. The minimum Gasteiger partial charge on any atom is -0.493 e. The second-order valence-electron chi connectivity index (χ2n) is 7.85. The summed E-state index contributed by atoms with van der Waals surface area (Å²) in [6.45, 7) is 0.311. The second-order valence-corrected chi connectivity index (χ2v) is 7.85. The molecule has 0 aliphatic rings. The summed E-state index contributed by atoms with van der Waals surface area (Å²) in [5, 5.41) is 0. The summed E-state index contributed by atoms with van der Waals surface area (Å²) >= 11 is 0. The molecule has 4 aromatic carbocycles. The number of halogens is 1. The van der Waals surface area contributed by atoms with Gasteiger partial charge in [-0.2, -0.15) is 0 Å². The minimum absolute atomic E-state index is 0.201. The van der Waals surface area contributed by atoms with Crippen molar-refractivity contribution in [2.75, 3.05) is 14.2 Å². The monoisotopic (exact) mass is 455 g/mol. The van der Waals surface area contributed by atoms with Crippen LogP contribution in [0.5, 0.6) is 11.5 Å². The van der Waals surface area contributed by atoms with E-state index in [1.54, 1.807) is 19.1 Å². The molecule has 4 nitrogen and oxygen atoms in total. The molecular formula is C29H26FNO3. The molecule has 0 fully saturated rings. The van der Waals surface area contributed by atoms with E-state index in [2.05, 4.69) is 0 Å². The predicted octanol–water partition coefficient (Wildman–Crippen LogP) is 6.27. The van der Waals surface area contributed by atoms with E-state index in [1.165, 1.54) is 24.3 Å². The summed E-state index contributed by atoms with van der Waals surface area (Å²) in [5.41, 5.74) is 3.25. The first-order valence-corrected chi connectivity index (χ1v) is 11.0. The fraction of sp³-hybridized carbons (Fsp3) is 0.138. The number of ether oxygens (including phenoxy) is 2. The lowest BCUT2D eigenvalue weighted by atomic mass is 9.95. The molecule has 172 valence electrons. The molecule has 5 heteroatoms. The van der Waals surface area contributed by atoms with Gasteiger partial charge in [-0.1, -0.05) is 66.7 Å². The summed E-state index contributed by atoms with van der Waals surface area (Å²) < 4.78 is 24.4. The SMILES string of the molecule is COc1ccc(CN(C(=O)c2ccc(F)cc2)C(c2ccccc2)c2ccccc2)cc1OC. The van der Waals surface area contributed by atoms with Crippen LogP contribution in [-0.2, 0) is 6.54 Å². The Balaban J connectivity index is 1.83. The standard InChI is InChI=1S/C29H26FNO3/c1-33-26-18-13-21(19-27(26)34-2)20-31(29(32)24-14-16-25(30)17-15-24)28(22-9-5-3-6-10-22)23-11-7-4-8-12-23/h3-19,28H,20H2,1-2H3. The highest BCUT2D eigenvalue weighted by Crippen LogP contribution is 2.34. The molecule has 0 heterocycles. The Morgan fingerprint density at radius 2 is 1.32 bits per heavy atom. The van der Waals surface area contributed by atoms with Crippen molar-refractivity contribution < 1.29 is 18.7 Å². The Labute approximate surface area is 199 Å². The quantitative estimate of drug-likeness (QED) is 0.314. The van der Waals surface area contributed by atoms with Gasteiger partial charge in [0.2, 0.25) is 0 Å². The van der Waals surface area contributed by atoms with Gasteiger partial charge in [-0.05, 0) is 53.1 Å². The number of hydrogen-bond donors (Lipinski definition) is 0. The van der Waals surface area contributed by atoms with E-state index in [9.17, 15) is 9.18 Å². The van der Waals surface area contributed by atoms with Crippen molar-refractivity contribution in [3.63, 3.8) is 0 Å². The smallest absolute Gasteiger partial charge is 0.254 e. The summed E-state index contributed by atoms with van der Waals surface area (Å²) in [6.07, 6.45) is 0. The van der Waals surface area contributed by atoms with Crippen molar-refractivity contribution in [1.29, 1.82) is 0 Å². The van der Waals surface area contributed by atoms with Crippen LogP contribution in [0.4, 0.5) is 4.39 Å². The summed E-state index contributed by atoms with van der Waals surface area (Å²) in [5.74, 6) is 0.619. The van der Waals surface area contributed by atoms with Gasteiger partial charge in [0.25, 0.3) is 5.91 Å². The first kappa shape index (κ1) is 23.1. The van der Waals surface area contributed by atoms with Crippen LogP contribution in [0.3, 0.4) is 0 Å². The molecule has 0 aliphatic carbocycles. The number of carbonyl (C=O) groups is 1. The highest BCUT2D eigenvalue weighted by Gasteiger charge is 2.28. The summed E-state index contributed by atoms with van der Waals surface area (Å²) in [4.78, 5) is 15.7. The predicted molar refractivity (Wildman–Crippen MR) is 131 cm³/mol. The van der Waals surface area contributed by atoms with E-state index in [-0.39, 0.29) is 17.8 Å². The average Bonchev–Trinajstić information content (AvgIpc) is 2.89. The molecule has 1 amide bonds. The zero-order chi connectivity index (χ0) is 23.9. The molecule has 0 saturated carbocycles. The van der Waals surface area contributed by atoms with Crippen LogP contribution in [0, 0.1) is 5.82 Å². The number of methoxy groups -OCH3 is 2. The van der Waals surface area contributed by atoms with Gasteiger partial charge in [0.15, 0.2) is 11.5 Å². The maximum atomic E-state index is 13.9. The minimum atomic E-state index is -0.384. The van der Waals surface area contributed by atoms with Crippen molar-refractivity contribution in [2.45, 2.75) is 12.6 Å². The van der Waals surface area contributed by atoms with E-state index in [1.807, 2.05) is 78.9 Å². The van der Waals surface area contributed by atoms with E-state index in [0.29, 0.717) is 23.6 Å². The largest absolute Gasteiger partial charge is 0.493 e. The molecule has 34 heavy (non-hydrogen) atoms. The first-order chi connectivity index (χ1) is 16.6. The van der Waals surface area contributed by atoms with Gasteiger partial charge < -0.3 is 14.4 Å². The Morgan fingerprint density at radius 3 is 1.85 bits per heavy atom. The number of benzene rings is 4. The fourth-order valence-corrected chi connectivity index (χ4v) is 4.04. The highest BCUT2D eigenvalue weighted by molar-refractivity contribution is 5.94. The second kappa shape index (κ2) is 10.7. The molecule has 0 aromatic heterocycles. The molecule has 0 radical (unpaired) electrons. The number of carbonyl (C=O) groups excluding carboxylic acids is 1. The number of nitrogens with zero attached hydrogens (tertiary/aromatic N) is 1. The molecular weight excluding hydrogens is 429 g/mol. The van der Waals surface area contributed by atoms with Gasteiger partial charge in [-0.25, -0.2) is 4.39 Å². The summed E-state index contributed by atoms with van der Waals surface area (Å²) in [7, 11) is 3.17. The molecule has 0 unspecified atom stereocenters. The van der Waals surface area contributed by atoms with Gasteiger partial charge in [0.05, 0.1) is 20.3 Å². The topological polar surface area (TPSA) is 38.8 Å². The molecule has 0 bridgehead atoms. The van der Waals surface area contributed by atoms with Crippen molar-refractivity contribution in [1.82, 2.24) is 4.90 Å². The van der Waals surface area contributed by atoms with Crippen LogP contribution in [0.2, 0.25) is 0 Å². The van der Waals surface area contributed by atoms with Crippen molar-refractivity contribution in [3.8, 4) is 11.5 Å². The van der Waals surface area contributed by atoms with Crippen LogP contribution in [0.1, 0.15) is 33.1 Å². The molecule has 4 aromatic rings. The Kier molecular flexibility index (Phi) is 7.23. The Morgan fingerprint density at radius 1 is 0.765 bits per heavy atom. The maximum absolute atomic E-state index is 13.9. The molecule has 4 rings (SSSR count). The number of rotatable bonds is 8. The van der Waals surface area contributed by atoms with Gasteiger partial charge in [-0.3, -0.25) is 4.79 Å². The number of amides is 1. The van der Waals surface area contributed by atoms with Gasteiger partial charge in [-0.15, -0.1) is 0 Å². The zero-order valence-corrected chi connectivity index (χ0v) is 19.1. The molecule has 0 spiro atoms. The Hall–Kier alpha value is -4.12. The van der Waals surface area contributed by atoms with Gasteiger partial charge in [0, 0.05) is 12.1 Å². The lowest BCUT2D eigenvalue weighted by Gasteiger charge is -2.33. The molecule has 0 saturated heterocycles. The van der Waals surface area contributed by atoms with Crippen LogP contribution >= 0.6 is 0 Å². The van der Waals surface area contributed by atoms with Crippen molar-refractivity contribution in [2.24, 2.45) is 0 Å². The Bertz CT molecular complexity index is 1190. The lowest BCUT2D eigenvalue weighted by Crippen LogP contribution is -2.35. The zero-order valence-electron chi connectivity index (χ0n) is 19.1. The van der Waals surface area contributed by atoms with Crippen LogP contribution in [-0.4, -0.2) is 25.0 Å². The van der Waals surface area contributed by atoms with Crippen LogP contribution < -0.4 is 9.47 Å². The number of hydrogen-bond acceptors (Lipinski definition) is 3. The fourth-order valence-electron chi connectivity index (χ4n) is 4.04. The average molecular weight is 456 g/mol. The van der Waals surface area contributed by atoms with E-state index < -0.39 is 0 Å². The van der Waals surface area contributed by atoms with E-state index in [4.69, 9.17) is 9.47 Å². The molecule has 0 atom stereocenters. The van der Waals surface area contributed by atoms with Gasteiger partial charge in [0.1, 0.15) is 5.82 Å². The lowest BCUT2D eigenvalue weighted by molar-refractivity contribution is 0.0690. The maximum Gasteiger partial charge on any atom is 0.254 e. The van der Waals surface area contributed by atoms with E-state index in [0.717, 1.165) is 16.7 Å². The normalized spacial score (nSPS) is 10.7. The van der Waals surface area contributed by atoms with Crippen molar-refractivity contribution >= 4 is 5.91 Å². The highest BCUT2D eigenvalue weighted by atomic mass is 19.1. The van der Waals surface area contributed by atoms with Crippen molar-refractivity contribution in [3.05, 3.63) is 131 Å². The third-order valence-electron chi connectivity index (χ3n) is 5.70. The van der Waals surface area contributed by atoms with Gasteiger partial charge >= 0.3 is 0 Å². The first-order valence-electron chi connectivity index (χ1n) is 11.0. The molecule has 0 N–H and O–H groups in total. The third kappa shape index (κ3) is 5.09. The van der Waals surface area contributed by atoms with E-state index >= 15 is 0 Å². The third-order valence-corrected chi connectivity index (χ3v) is 5.70. The van der Waals surface area contributed by atoms with Crippen LogP contribution in [0.25, 0.3) is 0 Å².